The summed E-state index contributed by atoms with van der Waals surface area (Å²) in [5.41, 5.74) is 4.44. The van der Waals surface area contributed by atoms with Gasteiger partial charge in [-0.3, -0.25) is 4.79 Å². The summed E-state index contributed by atoms with van der Waals surface area (Å²) in [5.74, 6) is 0.205. The molecule has 4 rings (SSSR count). The lowest BCUT2D eigenvalue weighted by atomic mass is 10.1. The number of hydrogen-bond acceptors (Lipinski definition) is 7. The third-order valence-corrected chi connectivity index (χ3v) is 6.06. The number of fused-ring (bicyclic) bond motifs is 1. The Bertz CT molecular complexity index is 1390. The van der Waals surface area contributed by atoms with Crippen LogP contribution in [0.1, 0.15) is 5.56 Å². The summed E-state index contributed by atoms with van der Waals surface area (Å²) in [6, 6.07) is 9.48. The Morgan fingerprint density at radius 2 is 1.94 bits per heavy atom. The molecule has 0 spiro atoms. The van der Waals surface area contributed by atoms with Crippen LogP contribution in [0.15, 0.2) is 42.7 Å². The number of benzene rings is 2. The number of H-pyrrole nitrogens is 1. The van der Waals surface area contributed by atoms with Crippen LogP contribution in [0.3, 0.4) is 0 Å². The highest BCUT2D eigenvalue weighted by Crippen LogP contribution is 2.42. The van der Waals surface area contributed by atoms with Crippen molar-refractivity contribution in [1.82, 2.24) is 19.9 Å². The lowest BCUT2D eigenvalue weighted by Crippen LogP contribution is -2.29. The second-order valence-corrected chi connectivity index (χ2v) is 8.72. The van der Waals surface area contributed by atoms with Crippen molar-refractivity contribution in [1.29, 1.82) is 0 Å². The lowest BCUT2D eigenvalue weighted by molar-refractivity contribution is -0.105. The first-order valence-corrected chi connectivity index (χ1v) is 11.5. The summed E-state index contributed by atoms with van der Waals surface area (Å²) in [5, 5.41) is 6.85. The fourth-order valence-corrected chi connectivity index (χ4v) is 4.09. The second-order valence-electron chi connectivity index (χ2n) is 8.72. The molecule has 0 unspecified atom stereocenters. The third-order valence-electron chi connectivity index (χ3n) is 6.06. The number of hydrogen-bond donors (Lipinski definition) is 3. The van der Waals surface area contributed by atoms with Crippen LogP contribution >= 0.6 is 0 Å². The van der Waals surface area contributed by atoms with E-state index in [0.29, 0.717) is 29.1 Å². The van der Waals surface area contributed by atoms with Crippen LogP contribution in [-0.2, 0) is 4.79 Å². The average molecular weight is 492 g/mol. The van der Waals surface area contributed by atoms with E-state index in [1.165, 1.54) is 0 Å². The van der Waals surface area contributed by atoms with Crippen LogP contribution in [0, 0.1) is 12.7 Å². The number of carbonyl (C=O) groups excluding carboxylic acids is 1. The molecule has 0 fully saturated rings. The van der Waals surface area contributed by atoms with E-state index in [9.17, 15) is 9.18 Å². The van der Waals surface area contributed by atoms with Crippen molar-refractivity contribution in [3.63, 3.8) is 0 Å². The molecule has 0 atom stereocenters. The minimum Gasteiger partial charge on any atom is -0.494 e. The van der Waals surface area contributed by atoms with Crippen molar-refractivity contribution in [3.8, 4) is 17.0 Å². The highest BCUT2D eigenvalue weighted by Gasteiger charge is 2.20. The maximum absolute atomic E-state index is 14.8. The standard InChI is InChI=1S/C26H30FN7O2/c1-16-23(30-15-35)21(34(4)11-10-33(2)3)12-22(36-5)24(16)31-26-29-14-19(27)25(32-26)18-13-28-20-9-7-6-8-17(18)20/h6-9,12-15,28H,10-11H2,1-5H3,(H,30,35)(H,29,31,32). The van der Waals surface area contributed by atoms with Gasteiger partial charge in [0.05, 0.1) is 30.4 Å². The molecule has 4 aromatic rings. The van der Waals surface area contributed by atoms with E-state index in [1.807, 2.05) is 58.4 Å². The zero-order chi connectivity index (χ0) is 25.8. The Balaban J connectivity index is 1.75. The molecular formula is C26H30FN7O2. The molecule has 1 amide bonds. The number of aromatic nitrogens is 3. The summed E-state index contributed by atoms with van der Waals surface area (Å²) in [6.07, 6.45) is 3.52. The number of rotatable bonds is 10. The van der Waals surface area contributed by atoms with Gasteiger partial charge in [0.25, 0.3) is 0 Å². The van der Waals surface area contributed by atoms with Crippen molar-refractivity contribution in [2.45, 2.75) is 6.92 Å². The number of aromatic amines is 1. The van der Waals surface area contributed by atoms with Gasteiger partial charge >= 0.3 is 0 Å². The van der Waals surface area contributed by atoms with E-state index >= 15 is 0 Å². The fourth-order valence-electron chi connectivity index (χ4n) is 4.09. The van der Waals surface area contributed by atoms with Gasteiger partial charge in [0.15, 0.2) is 5.82 Å². The van der Waals surface area contributed by atoms with Gasteiger partial charge in [0.2, 0.25) is 12.4 Å². The largest absolute Gasteiger partial charge is 0.494 e. The Hall–Kier alpha value is -4.18. The monoisotopic (exact) mass is 491 g/mol. The predicted octanol–water partition coefficient (Wildman–Crippen LogP) is 4.39. The maximum atomic E-state index is 14.8. The lowest BCUT2D eigenvalue weighted by Gasteiger charge is -2.27. The number of likely N-dealkylation sites (N-methyl/N-ethyl adjacent to an activating group) is 2. The number of para-hydroxylation sites is 1. The van der Waals surface area contributed by atoms with E-state index in [-0.39, 0.29) is 11.6 Å². The van der Waals surface area contributed by atoms with Gasteiger partial charge in [0, 0.05) is 54.4 Å². The van der Waals surface area contributed by atoms with E-state index in [4.69, 9.17) is 4.74 Å². The average Bonchev–Trinajstić information content (AvgIpc) is 3.30. The van der Waals surface area contributed by atoms with Crippen molar-refractivity contribution in [3.05, 3.63) is 54.1 Å². The van der Waals surface area contributed by atoms with Gasteiger partial charge in [-0.1, -0.05) is 18.2 Å². The van der Waals surface area contributed by atoms with E-state index in [0.717, 1.165) is 41.4 Å². The molecule has 10 heteroatoms. The first-order chi connectivity index (χ1) is 17.3. The molecule has 188 valence electrons. The minimum absolute atomic E-state index is 0.174. The number of methoxy groups -OCH3 is 1. The summed E-state index contributed by atoms with van der Waals surface area (Å²) >= 11 is 0. The van der Waals surface area contributed by atoms with Crippen LogP contribution in [0.4, 0.5) is 27.4 Å². The van der Waals surface area contributed by atoms with Gasteiger partial charge in [-0.2, -0.15) is 0 Å². The van der Waals surface area contributed by atoms with Gasteiger partial charge in [0.1, 0.15) is 11.4 Å². The van der Waals surface area contributed by atoms with E-state index < -0.39 is 5.82 Å². The molecule has 0 saturated carbocycles. The number of nitrogens with one attached hydrogen (secondary N) is 3. The molecule has 36 heavy (non-hydrogen) atoms. The van der Waals surface area contributed by atoms with Gasteiger partial charge in [-0.25, -0.2) is 14.4 Å². The molecule has 3 N–H and O–H groups in total. The Morgan fingerprint density at radius 3 is 2.67 bits per heavy atom. The molecule has 0 bridgehead atoms. The van der Waals surface area contributed by atoms with Crippen LogP contribution in [-0.4, -0.2) is 67.6 Å². The molecule has 9 nitrogen and oxygen atoms in total. The summed E-state index contributed by atoms with van der Waals surface area (Å²) in [4.78, 5) is 27.4. The zero-order valence-corrected chi connectivity index (χ0v) is 21.0. The number of anilines is 4. The first-order valence-electron chi connectivity index (χ1n) is 11.5. The maximum Gasteiger partial charge on any atom is 0.228 e. The highest BCUT2D eigenvalue weighted by molar-refractivity contribution is 5.95. The van der Waals surface area contributed by atoms with Gasteiger partial charge < -0.3 is 30.2 Å². The third kappa shape index (κ3) is 4.94. The topological polar surface area (TPSA) is 98.4 Å². The highest BCUT2D eigenvalue weighted by atomic mass is 19.1. The summed E-state index contributed by atoms with van der Waals surface area (Å²) < 4.78 is 20.5. The minimum atomic E-state index is -0.532. The van der Waals surface area contributed by atoms with Crippen LogP contribution in [0.2, 0.25) is 0 Å². The quantitative estimate of drug-likeness (QED) is 0.283. The van der Waals surface area contributed by atoms with Gasteiger partial charge in [-0.05, 0) is 27.1 Å². The summed E-state index contributed by atoms with van der Waals surface area (Å²) in [7, 11) is 7.53. The number of halogens is 1. The van der Waals surface area contributed by atoms with Crippen molar-refractivity contribution >= 4 is 40.3 Å². The van der Waals surface area contributed by atoms with E-state index in [2.05, 4.69) is 35.4 Å². The Kier molecular flexibility index (Phi) is 7.35. The SMILES string of the molecule is COc1cc(N(C)CCN(C)C)c(NC=O)c(C)c1Nc1ncc(F)c(-c2c[nH]c3ccccc23)n1. The second kappa shape index (κ2) is 10.6. The normalized spacial score (nSPS) is 11.1. The molecule has 0 aliphatic rings. The molecule has 2 aromatic heterocycles. The fraction of sp³-hybridized carbons (Fsp3) is 0.269. The first kappa shape index (κ1) is 24.9. The molecule has 0 aliphatic heterocycles. The van der Waals surface area contributed by atoms with Crippen LogP contribution in [0.5, 0.6) is 5.75 Å². The number of ether oxygens (including phenoxy) is 1. The molecule has 2 aromatic carbocycles. The van der Waals surface area contributed by atoms with Crippen LogP contribution in [0.25, 0.3) is 22.2 Å². The Labute approximate surface area is 209 Å². The van der Waals surface area contributed by atoms with Crippen molar-refractivity contribution in [2.24, 2.45) is 0 Å². The van der Waals surface area contributed by atoms with E-state index in [1.54, 1.807) is 13.3 Å². The molecule has 0 aliphatic carbocycles. The zero-order valence-electron chi connectivity index (χ0n) is 21.0. The van der Waals surface area contributed by atoms with Crippen molar-refractivity contribution < 1.29 is 13.9 Å². The number of carbonyl (C=O) groups is 1. The smallest absolute Gasteiger partial charge is 0.228 e. The Morgan fingerprint density at radius 1 is 1.17 bits per heavy atom. The van der Waals surface area contributed by atoms with Gasteiger partial charge in [-0.15, -0.1) is 0 Å². The molecular weight excluding hydrogens is 461 g/mol. The molecule has 0 radical (unpaired) electrons. The number of amides is 1. The number of nitrogens with zero attached hydrogens (tertiary/aromatic N) is 4. The summed E-state index contributed by atoms with van der Waals surface area (Å²) in [6.45, 7) is 3.44. The van der Waals surface area contributed by atoms with Crippen LogP contribution < -0.4 is 20.3 Å². The molecule has 0 saturated heterocycles. The molecule has 2 heterocycles. The predicted molar refractivity (Wildman–Crippen MR) is 142 cm³/mol. The van der Waals surface area contributed by atoms with Crippen molar-refractivity contribution in [2.75, 3.05) is 56.9 Å².